The number of nitrogens with two attached hydrogens (primary N) is 3. The van der Waals surface area contributed by atoms with E-state index in [9.17, 15) is 9.18 Å². The Balaban J connectivity index is 1.76. The van der Waals surface area contributed by atoms with E-state index in [0.29, 0.717) is 25.2 Å². The molecule has 2 aliphatic heterocycles. The number of alkyl halides is 1. The highest BCUT2D eigenvalue weighted by Gasteiger charge is 2.47. The molecule has 3 rings (SSSR count). The zero-order valence-corrected chi connectivity index (χ0v) is 14.6. The highest BCUT2D eigenvalue weighted by molar-refractivity contribution is 5.94. The van der Waals surface area contributed by atoms with Crippen molar-refractivity contribution in [2.45, 2.75) is 30.8 Å². The van der Waals surface area contributed by atoms with Crippen LogP contribution in [0.15, 0.2) is 18.5 Å². The van der Waals surface area contributed by atoms with Gasteiger partial charge in [0.15, 0.2) is 0 Å². The number of carbonyl (C=O) groups excluding carboxylic acids is 1. The van der Waals surface area contributed by atoms with Crippen LogP contribution in [-0.4, -0.2) is 60.6 Å². The number of carbonyl (C=O) groups is 1. The third-order valence-electron chi connectivity index (χ3n) is 4.98. The summed E-state index contributed by atoms with van der Waals surface area (Å²) in [6.45, 7) is 1.31. The molecule has 3 heterocycles. The standard InChI is InChI=1S/C16H27FN8O/c17-10-6-22-15-13(14(20)24-25(15)8-10)16(26)23-12-7-21-4-2-11(12)9(5-19)1-3-18/h2,4,7,9-10,13-15,22,24H,1,3,5-6,8,18-20H2,(H,23,26). The summed E-state index contributed by atoms with van der Waals surface area (Å²) in [5, 5.41) is 7.62. The van der Waals surface area contributed by atoms with Crippen molar-refractivity contribution >= 4 is 11.6 Å². The number of aromatic nitrogens is 1. The molecule has 0 aromatic carbocycles. The van der Waals surface area contributed by atoms with Crippen molar-refractivity contribution < 1.29 is 9.18 Å². The van der Waals surface area contributed by atoms with Crippen LogP contribution in [0, 0.1) is 5.92 Å². The van der Waals surface area contributed by atoms with Crippen molar-refractivity contribution in [3.8, 4) is 0 Å². The Bertz CT molecular complexity index is 632. The van der Waals surface area contributed by atoms with Crippen LogP contribution in [0.1, 0.15) is 17.9 Å². The van der Waals surface area contributed by atoms with E-state index in [-0.39, 0.29) is 31.1 Å². The number of nitrogens with one attached hydrogen (secondary N) is 3. The molecular weight excluding hydrogens is 339 g/mol. The molecule has 1 aromatic heterocycles. The summed E-state index contributed by atoms with van der Waals surface area (Å²) in [4.78, 5) is 17.0. The average Bonchev–Trinajstić information content (AvgIpc) is 2.95. The smallest absolute Gasteiger partial charge is 0.233 e. The van der Waals surface area contributed by atoms with Gasteiger partial charge in [-0.2, -0.15) is 0 Å². The van der Waals surface area contributed by atoms with Crippen LogP contribution in [0.4, 0.5) is 10.1 Å². The first kappa shape index (κ1) is 19.1. The quantitative estimate of drug-likeness (QED) is 0.353. The molecule has 144 valence electrons. The second-order valence-electron chi connectivity index (χ2n) is 6.75. The van der Waals surface area contributed by atoms with Gasteiger partial charge in [0.2, 0.25) is 5.91 Å². The van der Waals surface area contributed by atoms with Gasteiger partial charge >= 0.3 is 0 Å². The highest BCUT2D eigenvalue weighted by atomic mass is 19.1. The fraction of sp³-hybridized carbons (Fsp3) is 0.625. The fourth-order valence-corrected chi connectivity index (χ4v) is 3.66. The lowest BCUT2D eigenvalue weighted by Crippen LogP contribution is -2.58. The predicted molar refractivity (Wildman–Crippen MR) is 96.3 cm³/mol. The molecule has 0 aliphatic carbocycles. The molecule has 1 aromatic rings. The molecule has 5 unspecified atom stereocenters. The van der Waals surface area contributed by atoms with Gasteiger partial charge in [0.05, 0.1) is 30.1 Å². The third-order valence-corrected chi connectivity index (χ3v) is 4.98. The molecule has 9 N–H and O–H groups in total. The van der Waals surface area contributed by atoms with Crippen LogP contribution in [0.2, 0.25) is 0 Å². The summed E-state index contributed by atoms with van der Waals surface area (Å²) in [5.74, 6) is -0.785. The van der Waals surface area contributed by atoms with Gasteiger partial charge in [-0.05, 0) is 37.1 Å². The van der Waals surface area contributed by atoms with E-state index in [4.69, 9.17) is 17.2 Å². The zero-order valence-electron chi connectivity index (χ0n) is 14.6. The average molecular weight is 366 g/mol. The Kier molecular flexibility index (Phi) is 6.12. The second kappa shape index (κ2) is 8.33. The SMILES string of the molecule is NCCC(CN)c1ccncc1NC(=O)C1C(N)NN2CC(F)CNC12. The van der Waals surface area contributed by atoms with Crippen LogP contribution in [0.3, 0.4) is 0 Å². The van der Waals surface area contributed by atoms with E-state index in [2.05, 4.69) is 21.0 Å². The maximum atomic E-state index is 13.6. The number of pyridine rings is 1. The molecule has 5 atom stereocenters. The lowest BCUT2D eigenvalue weighted by atomic mass is 9.94. The van der Waals surface area contributed by atoms with Crippen LogP contribution < -0.4 is 33.3 Å². The molecular formula is C16H27FN8O. The molecule has 10 heteroatoms. The topological polar surface area (TPSA) is 147 Å². The normalized spacial score (nSPS) is 30.0. The summed E-state index contributed by atoms with van der Waals surface area (Å²) in [5.41, 5.74) is 22.1. The minimum atomic E-state index is -1.00. The maximum absolute atomic E-state index is 13.6. The molecule has 1 amide bonds. The van der Waals surface area contributed by atoms with E-state index in [1.165, 1.54) is 0 Å². The van der Waals surface area contributed by atoms with Crippen molar-refractivity contribution in [1.29, 1.82) is 0 Å². The maximum Gasteiger partial charge on any atom is 0.233 e. The lowest BCUT2D eigenvalue weighted by molar-refractivity contribution is -0.121. The minimum absolute atomic E-state index is 0.0327. The molecule has 2 saturated heterocycles. The number of nitrogens with zero attached hydrogens (tertiary/aromatic N) is 2. The van der Waals surface area contributed by atoms with Crippen LogP contribution in [0.25, 0.3) is 0 Å². The molecule has 0 spiro atoms. The Labute approximate surface area is 151 Å². The zero-order chi connectivity index (χ0) is 18.7. The molecule has 0 radical (unpaired) electrons. The van der Waals surface area contributed by atoms with Gasteiger partial charge in [0.1, 0.15) is 6.17 Å². The van der Waals surface area contributed by atoms with E-state index in [1.807, 2.05) is 6.07 Å². The van der Waals surface area contributed by atoms with Gasteiger partial charge in [-0.15, -0.1) is 0 Å². The number of rotatable bonds is 6. The Hall–Kier alpha value is -1.69. The number of anilines is 1. The monoisotopic (exact) mass is 366 g/mol. The number of hydrogen-bond acceptors (Lipinski definition) is 8. The summed E-state index contributed by atoms with van der Waals surface area (Å²) >= 11 is 0. The Morgan fingerprint density at radius 2 is 2.31 bits per heavy atom. The molecule has 26 heavy (non-hydrogen) atoms. The first-order valence-electron chi connectivity index (χ1n) is 8.86. The minimum Gasteiger partial charge on any atom is -0.330 e. The lowest BCUT2D eigenvalue weighted by Gasteiger charge is -2.33. The van der Waals surface area contributed by atoms with Crippen molar-refractivity contribution in [3.05, 3.63) is 24.0 Å². The van der Waals surface area contributed by atoms with E-state index in [1.54, 1.807) is 17.4 Å². The molecule has 0 bridgehead atoms. The molecule has 0 saturated carbocycles. The number of hydrogen-bond donors (Lipinski definition) is 6. The van der Waals surface area contributed by atoms with E-state index >= 15 is 0 Å². The van der Waals surface area contributed by atoms with Crippen LogP contribution in [-0.2, 0) is 4.79 Å². The van der Waals surface area contributed by atoms with Gasteiger partial charge in [-0.1, -0.05) is 0 Å². The Morgan fingerprint density at radius 3 is 3.04 bits per heavy atom. The van der Waals surface area contributed by atoms with Gasteiger partial charge in [0.25, 0.3) is 0 Å². The van der Waals surface area contributed by atoms with E-state index in [0.717, 1.165) is 5.56 Å². The molecule has 2 aliphatic rings. The van der Waals surface area contributed by atoms with Crippen molar-refractivity contribution in [3.63, 3.8) is 0 Å². The number of hydrazine groups is 1. The molecule has 9 nitrogen and oxygen atoms in total. The van der Waals surface area contributed by atoms with Crippen LogP contribution in [0.5, 0.6) is 0 Å². The van der Waals surface area contributed by atoms with Crippen molar-refractivity contribution in [2.24, 2.45) is 23.1 Å². The predicted octanol–water partition coefficient (Wildman–Crippen LogP) is -1.60. The van der Waals surface area contributed by atoms with Gasteiger partial charge in [-0.25, -0.2) is 14.8 Å². The number of amides is 1. The Morgan fingerprint density at radius 1 is 1.50 bits per heavy atom. The second-order valence-corrected chi connectivity index (χ2v) is 6.75. The number of halogens is 1. The van der Waals surface area contributed by atoms with Gasteiger partial charge in [-0.3, -0.25) is 15.1 Å². The fourth-order valence-electron chi connectivity index (χ4n) is 3.66. The summed E-state index contributed by atoms with van der Waals surface area (Å²) in [7, 11) is 0. The van der Waals surface area contributed by atoms with Crippen LogP contribution >= 0.6 is 0 Å². The third kappa shape index (κ3) is 3.85. The summed E-state index contributed by atoms with van der Waals surface area (Å²) in [6.07, 6.45) is 2.02. The number of fused-ring (bicyclic) bond motifs is 1. The summed E-state index contributed by atoms with van der Waals surface area (Å²) < 4.78 is 13.6. The van der Waals surface area contributed by atoms with Crippen molar-refractivity contribution in [2.75, 3.05) is 31.5 Å². The van der Waals surface area contributed by atoms with Gasteiger partial charge < -0.3 is 22.5 Å². The highest BCUT2D eigenvalue weighted by Crippen LogP contribution is 2.28. The summed E-state index contributed by atoms with van der Waals surface area (Å²) in [6, 6.07) is 1.84. The van der Waals surface area contributed by atoms with Gasteiger partial charge in [0, 0.05) is 19.3 Å². The van der Waals surface area contributed by atoms with E-state index < -0.39 is 18.3 Å². The largest absolute Gasteiger partial charge is 0.330 e. The first-order valence-corrected chi connectivity index (χ1v) is 8.86. The first-order chi connectivity index (χ1) is 12.5. The molecule has 2 fully saturated rings. The van der Waals surface area contributed by atoms with Crippen molar-refractivity contribution in [1.82, 2.24) is 20.7 Å².